The van der Waals surface area contributed by atoms with Crippen molar-refractivity contribution in [2.45, 2.75) is 32.2 Å². The quantitative estimate of drug-likeness (QED) is 0.289. The zero-order valence-electron chi connectivity index (χ0n) is 15.2. The van der Waals surface area contributed by atoms with Gasteiger partial charge in [-0.15, -0.1) is 0 Å². The summed E-state index contributed by atoms with van der Waals surface area (Å²) in [6.07, 6.45) is 0. The molecule has 0 radical (unpaired) electrons. The number of hydrogen-bond acceptors (Lipinski definition) is 7. The van der Waals surface area contributed by atoms with Crippen molar-refractivity contribution in [2.24, 2.45) is 0 Å². The number of nitro groups is 1. The highest BCUT2D eigenvalue weighted by molar-refractivity contribution is 6.31. The summed E-state index contributed by atoms with van der Waals surface area (Å²) in [5.74, 6) is -4.55. The number of rotatable bonds is 9. The maximum absolute atomic E-state index is 12.8. The Bertz CT molecular complexity index is 705. The van der Waals surface area contributed by atoms with Crippen molar-refractivity contribution < 1.29 is 28.8 Å². The van der Waals surface area contributed by atoms with Crippen molar-refractivity contribution in [1.29, 1.82) is 0 Å². The molecule has 0 saturated carbocycles. The maximum atomic E-state index is 12.8. The summed E-state index contributed by atoms with van der Waals surface area (Å²) in [5.41, 5.74) is -2.33. The molecule has 0 aliphatic carbocycles. The molecule has 0 saturated heterocycles. The van der Waals surface area contributed by atoms with Crippen LogP contribution >= 0.6 is 11.6 Å². The number of nitrogens with one attached hydrogen (secondary N) is 1. The number of carbonyl (C=O) groups excluding carboxylic acids is 3. The number of hydrogen-bond donors (Lipinski definition) is 1. The number of benzene rings is 1. The zero-order valence-corrected chi connectivity index (χ0v) is 15.9. The topological polar surface area (TPSA) is 125 Å². The van der Waals surface area contributed by atoms with E-state index in [9.17, 15) is 24.5 Å². The molecule has 10 heteroatoms. The van der Waals surface area contributed by atoms with Crippen LogP contribution in [-0.2, 0) is 23.9 Å². The number of esters is 2. The van der Waals surface area contributed by atoms with Crippen LogP contribution in [-0.4, -0.2) is 48.1 Å². The Morgan fingerprint density at radius 3 is 2.11 bits per heavy atom. The predicted octanol–water partition coefficient (Wildman–Crippen LogP) is 1.70. The highest BCUT2D eigenvalue weighted by Crippen LogP contribution is 2.35. The molecule has 1 aromatic rings. The molecular formula is C17H21ClN2O7. The van der Waals surface area contributed by atoms with E-state index in [0.717, 1.165) is 6.92 Å². The summed E-state index contributed by atoms with van der Waals surface area (Å²) in [6.45, 7) is 2.96. The Morgan fingerprint density at radius 1 is 1.19 bits per heavy atom. The molecule has 0 aliphatic rings. The highest BCUT2D eigenvalue weighted by Gasteiger charge is 2.59. The van der Waals surface area contributed by atoms with Gasteiger partial charge in [-0.3, -0.25) is 14.9 Å². The van der Waals surface area contributed by atoms with Crippen LogP contribution in [0.5, 0.6) is 0 Å². The van der Waals surface area contributed by atoms with Crippen molar-refractivity contribution in [3.05, 3.63) is 45.0 Å². The van der Waals surface area contributed by atoms with Gasteiger partial charge >= 0.3 is 11.9 Å². The van der Waals surface area contributed by atoms with E-state index in [4.69, 9.17) is 21.1 Å². The lowest BCUT2D eigenvalue weighted by atomic mass is 9.78. The largest absolute Gasteiger partial charge is 0.464 e. The number of halogens is 1. The minimum absolute atomic E-state index is 0.0904. The molecule has 0 spiro atoms. The second-order valence-electron chi connectivity index (χ2n) is 5.52. The third kappa shape index (κ3) is 5.16. The lowest BCUT2D eigenvalue weighted by Gasteiger charge is -2.35. The molecule has 0 unspecified atom stereocenters. The molecule has 1 N–H and O–H groups in total. The maximum Gasteiger partial charge on any atom is 0.344 e. The first kappa shape index (κ1) is 22.4. The van der Waals surface area contributed by atoms with Gasteiger partial charge in [-0.1, -0.05) is 29.8 Å². The van der Waals surface area contributed by atoms with Crippen molar-refractivity contribution in [1.82, 2.24) is 5.32 Å². The zero-order chi connectivity index (χ0) is 20.6. The third-order valence-corrected chi connectivity index (χ3v) is 4.05. The smallest absolute Gasteiger partial charge is 0.344 e. The predicted molar refractivity (Wildman–Crippen MR) is 95.9 cm³/mol. The van der Waals surface area contributed by atoms with E-state index in [1.807, 2.05) is 0 Å². The number of ether oxygens (including phenoxy) is 2. The molecule has 0 aromatic heterocycles. The van der Waals surface area contributed by atoms with Crippen LogP contribution in [0.3, 0.4) is 0 Å². The van der Waals surface area contributed by atoms with Gasteiger partial charge < -0.3 is 14.8 Å². The normalized spacial score (nSPS) is 12.0. The van der Waals surface area contributed by atoms with Gasteiger partial charge in [-0.05, 0) is 25.5 Å². The average Bonchev–Trinajstić information content (AvgIpc) is 2.58. The van der Waals surface area contributed by atoms with Crippen LogP contribution < -0.4 is 5.32 Å². The Morgan fingerprint density at radius 2 is 1.70 bits per heavy atom. The lowest BCUT2D eigenvalue weighted by Crippen LogP contribution is -2.65. The first-order valence-corrected chi connectivity index (χ1v) is 8.57. The third-order valence-electron chi connectivity index (χ3n) is 3.70. The molecule has 27 heavy (non-hydrogen) atoms. The van der Waals surface area contributed by atoms with Gasteiger partial charge in [-0.2, -0.15) is 0 Å². The van der Waals surface area contributed by atoms with Crippen LogP contribution in [0.2, 0.25) is 5.02 Å². The fourth-order valence-corrected chi connectivity index (χ4v) is 2.97. The molecule has 0 heterocycles. The summed E-state index contributed by atoms with van der Waals surface area (Å²) in [4.78, 5) is 48.1. The molecule has 0 bridgehead atoms. The summed E-state index contributed by atoms with van der Waals surface area (Å²) >= 11 is 6.17. The second kappa shape index (κ2) is 9.86. The summed E-state index contributed by atoms with van der Waals surface area (Å²) in [7, 11) is 0. The van der Waals surface area contributed by atoms with E-state index in [-0.39, 0.29) is 23.8 Å². The van der Waals surface area contributed by atoms with Gasteiger partial charge in [0.1, 0.15) is 0 Å². The molecule has 1 rings (SSSR count). The molecule has 0 aliphatic heterocycles. The first-order valence-electron chi connectivity index (χ1n) is 8.20. The Balaban J connectivity index is 3.77. The van der Waals surface area contributed by atoms with Gasteiger partial charge in [0.25, 0.3) is 0 Å². The number of amides is 1. The standard InChI is InChI=1S/C17H21ClN2O7/c1-4-26-15(22)17(19-11(3)21,16(23)27-5-2)13(10-20(24)25)12-8-6-7-9-14(12)18/h6-9,13H,4-5,10H2,1-3H3,(H,19,21)/t13-/m1/s1. The second-order valence-corrected chi connectivity index (χ2v) is 5.93. The summed E-state index contributed by atoms with van der Waals surface area (Å²) in [5, 5.41) is 13.7. The van der Waals surface area contributed by atoms with Crippen molar-refractivity contribution in [3.63, 3.8) is 0 Å². The molecule has 148 valence electrons. The number of carbonyl (C=O) groups is 3. The highest BCUT2D eigenvalue weighted by atomic mass is 35.5. The van der Waals surface area contributed by atoms with E-state index < -0.39 is 40.8 Å². The average molecular weight is 401 g/mol. The molecule has 1 atom stereocenters. The minimum Gasteiger partial charge on any atom is -0.464 e. The van der Waals surface area contributed by atoms with Crippen molar-refractivity contribution in [3.8, 4) is 0 Å². The molecule has 1 amide bonds. The summed E-state index contributed by atoms with van der Waals surface area (Å²) in [6, 6.07) is 6.02. The monoisotopic (exact) mass is 400 g/mol. The van der Waals surface area contributed by atoms with E-state index >= 15 is 0 Å². The SMILES string of the molecule is CCOC(=O)C(NC(C)=O)(C(=O)OCC)[C@H](C[N+](=O)[O-])c1ccccc1Cl. The molecular weight excluding hydrogens is 380 g/mol. The van der Waals surface area contributed by atoms with E-state index in [1.165, 1.54) is 26.0 Å². The fourth-order valence-electron chi connectivity index (χ4n) is 2.70. The van der Waals surface area contributed by atoms with Crippen molar-refractivity contribution >= 4 is 29.4 Å². The van der Waals surface area contributed by atoms with Gasteiger partial charge in [-0.25, -0.2) is 9.59 Å². The van der Waals surface area contributed by atoms with Crippen LogP contribution in [0.4, 0.5) is 0 Å². The number of nitrogens with zero attached hydrogens (tertiary/aromatic N) is 1. The van der Waals surface area contributed by atoms with Crippen LogP contribution in [0.15, 0.2) is 24.3 Å². The van der Waals surface area contributed by atoms with Crippen LogP contribution in [0.1, 0.15) is 32.3 Å². The first-order chi connectivity index (χ1) is 12.7. The lowest BCUT2D eigenvalue weighted by molar-refractivity contribution is -0.484. The van der Waals surface area contributed by atoms with Gasteiger partial charge in [0.2, 0.25) is 18.0 Å². The summed E-state index contributed by atoms with van der Waals surface area (Å²) < 4.78 is 9.96. The van der Waals surface area contributed by atoms with Gasteiger partial charge in [0.15, 0.2) is 0 Å². The molecule has 1 aromatic carbocycles. The van der Waals surface area contributed by atoms with Gasteiger partial charge in [0, 0.05) is 16.9 Å². The van der Waals surface area contributed by atoms with E-state index in [0.29, 0.717) is 0 Å². The van der Waals surface area contributed by atoms with Crippen LogP contribution in [0.25, 0.3) is 0 Å². The molecule has 9 nitrogen and oxygen atoms in total. The Hall–Kier alpha value is -2.68. The molecule has 0 fully saturated rings. The van der Waals surface area contributed by atoms with Crippen LogP contribution in [0, 0.1) is 10.1 Å². The Kier molecular flexibility index (Phi) is 8.17. The van der Waals surface area contributed by atoms with E-state index in [1.54, 1.807) is 12.1 Å². The van der Waals surface area contributed by atoms with E-state index in [2.05, 4.69) is 5.32 Å². The fraction of sp³-hybridized carbons (Fsp3) is 0.471. The van der Waals surface area contributed by atoms with Crippen molar-refractivity contribution in [2.75, 3.05) is 19.8 Å². The van der Waals surface area contributed by atoms with Gasteiger partial charge in [0.05, 0.1) is 19.1 Å². The minimum atomic E-state index is -2.46. The Labute approximate surface area is 161 Å².